The number of hydrogen-bond acceptors (Lipinski definition) is 5. The lowest BCUT2D eigenvalue weighted by Gasteiger charge is -2.32. The Morgan fingerprint density at radius 1 is 1.23 bits per heavy atom. The molecule has 3 rings (SSSR count). The van der Waals surface area contributed by atoms with Crippen LogP contribution < -0.4 is 5.32 Å². The smallest absolute Gasteiger partial charge is 0.244 e. The molecular weight excluding hydrogens is 342 g/mol. The molecule has 2 saturated heterocycles. The quantitative estimate of drug-likeness (QED) is 0.881. The van der Waals surface area contributed by atoms with Crippen molar-refractivity contribution in [3.8, 4) is 0 Å². The predicted molar refractivity (Wildman–Crippen MR) is 92.6 cm³/mol. The first-order valence-corrected chi connectivity index (χ1v) is 9.76. The molecule has 126 valence electrons. The number of rotatable bonds is 3. The van der Waals surface area contributed by atoms with Gasteiger partial charge >= 0.3 is 0 Å². The summed E-state index contributed by atoms with van der Waals surface area (Å²) in [5.41, 5.74) is 0. The van der Waals surface area contributed by atoms with Gasteiger partial charge in [-0.3, -0.25) is 4.90 Å². The first-order chi connectivity index (χ1) is 9.98. The molecule has 5 nitrogen and oxygen atoms in total. The molecule has 0 spiro atoms. The summed E-state index contributed by atoms with van der Waals surface area (Å²) >= 11 is 1.56. The molecule has 0 bridgehead atoms. The van der Waals surface area contributed by atoms with Crippen molar-refractivity contribution in [1.29, 1.82) is 0 Å². The standard InChI is InChI=1S/C14H23N3O2S2.ClH/c1-11-9-14(12(2)20-11)21(18,19)17-6-3-13(10-17)16-7-4-15-5-8-16;/h9,13,15H,3-8,10H2,1-2H3;1H. The van der Waals surface area contributed by atoms with E-state index in [0.717, 1.165) is 42.4 Å². The molecule has 3 heterocycles. The van der Waals surface area contributed by atoms with Gasteiger partial charge in [0.25, 0.3) is 0 Å². The van der Waals surface area contributed by atoms with Gasteiger partial charge in [-0.25, -0.2) is 8.42 Å². The summed E-state index contributed by atoms with van der Waals surface area (Å²) in [7, 11) is -3.32. The van der Waals surface area contributed by atoms with E-state index in [0.29, 0.717) is 24.0 Å². The lowest BCUT2D eigenvalue weighted by molar-refractivity contribution is 0.179. The number of nitrogens with one attached hydrogen (secondary N) is 1. The van der Waals surface area contributed by atoms with Crippen molar-refractivity contribution in [3.05, 3.63) is 15.8 Å². The van der Waals surface area contributed by atoms with E-state index in [1.807, 2.05) is 19.9 Å². The third-order valence-corrected chi connectivity index (χ3v) is 7.49. The van der Waals surface area contributed by atoms with Gasteiger partial charge in [-0.1, -0.05) is 0 Å². The molecule has 2 aliphatic heterocycles. The normalized spacial score (nSPS) is 24.4. The van der Waals surface area contributed by atoms with Crippen LogP contribution in [0.3, 0.4) is 0 Å². The molecule has 1 aromatic rings. The molecule has 1 aromatic heterocycles. The maximum atomic E-state index is 12.8. The van der Waals surface area contributed by atoms with Gasteiger partial charge in [0.2, 0.25) is 10.0 Å². The van der Waals surface area contributed by atoms with Gasteiger partial charge in [-0.15, -0.1) is 23.7 Å². The van der Waals surface area contributed by atoms with E-state index in [-0.39, 0.29) is 12.4 Å². The minimum absolute atomic E-state index is 0. The zero-order chi connectivity index (χ0) is 15.0. The van der Waals surface area contributed by atoms with Gasteiger partial charge in [0.1, 0.15) is 0 Å². The number of thiophene rings is 1. The second-order valence-electron chi connectivity index (χ2n) is 5.87. The van der Waals surface area contributed by atoms with E-state index < -0.39 is 10.0 Å². The van der Waals surface area contributed by atoms with Crippen LogP contribution in [0.2, 0.25) is 0 Å². The summed E-state index contributed by atoms with van der Waals surface area (Å²) in [6, 6.07) is 2.19. The van der Waals surface area contributed by atoms with Crippen LogP contribution in [-0.2, 0) is 10.0 Å². The Balaban J connectivity index is 0.00000176. The van der Waals surface area contributed by atoms with Crippen molar-refractivity contribution in [1.82, 2.24) is 14.5 Å². The highest BCUT2D eigenvalue weighted by molar-refractivity contribution is 7.89. The SMILES string of the molecule is Cc1cc(S(=O)(=O)N2CCC(N3CCNCC3)C2)c(C)s1.Cl. The van der Waals surface area contributed by atoms with Gasteiger partial charge in [-0.05, 0) is 26.3 Å². The second-order valence-corrected chi connectivity index (χ2v) is 9.24. The van der Waals surface area contributed by atoms with Crippen LogP contribution in [0.1, 0.15) is 16.2 Å². The van der Waals surface area contributed by atoms with Crippen molar-refractivity contribution in [2.75, 3.05) is 39.3 Å². The number of sulfonamides is 1. The van der Waals surface area contributed by atoms with Crippen molar-refractivity contribution < 1.29 is 8.42 Å². The first-order valence-electron chi connectivity index (χ1n) is 7.50. The second kappa shape index (κ2) is 7.15. The Morgan fingerprint density at radius 3 is 2.50 bits per heavy atom. The molecule has 1 atom stereocenters. The van der Waals surface area contributed by atoms with Crippen molar-refractivity contribution in [2.24, 2.45) is 0 Å². The molecule has 0 amide bonds. The third kappa shape index (κ3) is 3.49. The van der Waals surface area contributed by atoms with Crippen LogP contribution in [0.4, 0.5) is 0 Å². The Hall–Kier alpha value is -0.180. The minimum atomic E-state index is -3.32. The lowest BCUT2D eigenvalue weighted by atomic mass is 10.2. The highest BCUT2D eigenvalue weighted by atomic mass is 35.5. The van der Waals surface area contributed by atoms with Gasteiger partial charge in [0.05, 0.1) is 4.90 Å². The predicted octanol–water partition coefficient (Wildman–Crippen LogP) is 1.45. The number of nitrogens with zero attached hydrogens (tertiary/aromatic N) is 2. The van der Waals surface area contributed by atoms with Crippen LogP contribution in [0, 0.1) is 13.8 Å². The Bertz CT molecular complexity index is 612. The van der Waals surface area contributed by atoms with E-state index >= 15 is 0 Å². The fourth-order valence-electron chi connectivity index (χ4n) is 3.28. The Morgan fingerprint density at radius 2 is 1.91 bits per heavy atom. The van der Waals surface area contributed by atoms with Crippen molar-refractivity contribution in [3.63, 3.8) is 0 Å². The van der Waals surface area contributed by atoms with E-state index in [1.54, 1.807) is 15.6 Å². The van der Waals surface area contributed by atoms with E-state index in [4.69, 9.17) is 0 Å². The largest absolute Gasteiger partial charge is 0.314 e. The third-order valence-electron chi connectivity index (χ3n) is 4.41. The maximum absolute atomic E-state index is 12.8. The molecule has 0 saturated carbocycles. The van der Waals surface area contributed by atoms with Crippen LogP contribution >= 0.6 is 23.7 Å². The van der Waals surface area contributed by atoms with Crippen LogP contribution in [0.25, 0.3) is 0 Å². The van der Waals surface area contributed by atoms with Gasteiger partial charge in [0, 0.05) is 55.1 Å². The van der Waals surface area contributed by atoms with E-state index in [1.165, 1.54) is 0 Å². The van der Waals surface area contributed by atoms with Crippen LogP contribution in [0.5, 0.6) is 0 Å². The molecule has 22 heavy (non-hydrogen) atoms. The fourth-order valence-corrected chi connectivity index (χ4v) is 6.29. The minimum Gasteiger partial charge on any atom is -0.314 e. The molecule has 0 aliphatic carbocycles. The lowest BCUT2D eigenvalue weighted by Crippen LogP contribution is -2.49. The molecule has 0 aromatic carbocycles. The summed E-state index contributed by atoms with van der Waals surface area (Å²) in [6.07, 6.45) is 0.946. The van der Waals surface area contributed by atoms with E-state index in [2.05, 4.69) is 10.2 Å². The Labute approximate surface area is 143 Å². The average Bonchev–Trinajstić information content (AvgIpc) is 3.07. The number of aryl methyl sites for hydroxylation is 2. The number of piperazine rings is 1. The highest BCUT2D eigenvalue weighted by Crippen LogP contribution is 2.30. The Kier molecular flexibility index (Phi) is 5.90. The van der Waals surface area contributed by atoms with Crippen LogP contribution in [-0.4, -0.2) is 62.9 Å². The molecule has 8 heteroatoms. The number of hydrogen-bond donors (Lipinski definition) is 1. The number of halogens is 1. The van der Waals surface area contributed by atoms with Gasteiger partial charge in [-0.2, -0.15) is 4.31 Å². The molecule has 1 N–H and O–H groups in total. The van der Waals surface area contributed by atoms with Crippen molar-refractivity contribution in [2.45, 2.75) is 31.2 Å². The van der Waals surface area contributed by atoms with E-state index in [9.17, 15) is 8.42 Å². The zero-order valence-electron chi connectivity index (χ0n) is 13.0. The van der Waals surface area contributed by atoms with Crippen molar-refractivity contribution >= 4 is 33.8 Å². The van der Waals surface area contributed by atoms with Crippen LogP contribution in [0.15, 0.2) is 11.0 Å². The molecule has 2 fully saturated rings. The monoisotopic (exact) mass is 365 g/mol. The maximum Gasteiger partial charge on any atom is 0.244 e. The molecule has 1 unspecified atom stereocenters. The first kappa shape index (κ1) is 18.2. The summed E-state index contributed by atoms with van der Waals surface area (Å²) in [5.74, 6) is 0. The summed E-state index contributed by atoms with van der Waals surface area (Å²) in [5, 5.41) is 3.34. The van der Waals surface area contributed by atoms with Gasteiger partial charge < -0.3 is 5.32 Å². The topological polar surface area (TPSA) is 52.7 Å². The fraction of sp³-hybridized carbons (Fsp3) is 0.714. The highest BCUT2D eigenvalue weighted by Gasteiger charge is 2.36. The summed E-state index contributed by atoms with van der Waals surface area (Å²) < 4.78 is 27.3. The summed E-state index contributed by atoms with van der Waals surface area (Å²) in [6.45, 7) is 9.20. The average molecular weight is 366 g/mol. The molecule has 2 aliphatic rings. The summed E-state index contributed by atoms with van der Waals surface area (Å²) in [4.78, 5) is 4.89. The molecule has 0 radical (unpaired) electrons. The van der Waals surface area contributed by atoms with Gasteiger partial charge in [0.15, 0.2) is 0 Å². The zero-order valence-corrected chi connectivity index (χ0v) is 15.5. The molecular formula is C14H24ClN3O2S2.